The molecule has 0 aliphatic carbocycles. The summed E-state index contributed by atoms with van der Waals surface area (Å²) in [5.41, 5.74) is 0.508. The van der Waals surface area contributed by atoms with Crippen LogP contribution in [0.25, 0.3) is 0 Å². The first kappa shape index (κ1) is 12.6. The van der Waals surface area contributed by atoms with Gasteiger partial charge < -0.3 is 4.74 Å². The van der Waals surface area contributed by atoms with Crippen LogP contribution < -0.4 is 10.1 Å². The predicted molar refractivity (Wildman–Crippen MR) is 72.4 cm³/mol. The van der Waals surface area contributed by atoms with Crippen molar-refractivity contribution in [1.29, 1.82) is 0 Å². The van der Waals surface area contributed by atoms with Crippen molar-refractivity contribution in [3.8, 4) is 5.75 Å². The number of thiazole rings is 1. The number of rotatable bonds is 4. The number of aryl methyl sites for hydroxylation is 1. The molecule has 1 amide bonds. The fourth-order valence-electron chi connectivity index (χ4n) is 1.53. The number of hydrogen-bond acceptors (Lipinski definition) is 4. The minimum Gasteiger partial charge on any atom is -0.496 e. The van der Waals surface area contributed by atoms with Gasteiger partial charge in [-0.25, -0.2) is 4.98 Å². The average Bonchev–Trinajstić information content (AvgIpc) is 2.86. The molecule has 0 bridgehead atoms. The van der Waals surface area contributed by atoms with E-state index in [1.54, 1.807) is 31.5 Å². The molecule has 2 aromatic rings. The highest BCUT2D eigenvalue weighted by molar-refractivity contribution is 7.15. The molecule has 0 radical (unpaired) electrons. The van der Waals surface area contributed by atoms with Crippen LogP contribution in [0, 0.1) is 0 Å². The van der Waals surface area contributed by atoms with Gasteiger partial charge in [0, 0.05) is 11.1 Å². The highest BCUT2D eigenvalue weighted by Crippen LogP contribution is 2.22. The average molecular weight is 262 g/mol. The van der Waals surface area contributed by atoms with Crippen LogP contribution in [-0.4, -0.2) is 18.0 Å². The molecule has 5 heteroatoms. The monoisotopic (exact) mass is 262 g/mol. The molecule has 1 aromatic carbocycles. The van der Waals surface area contributed by atoms with E-state index < -0.39 is 0 Å². The van der Waals surface area contributed by atoms with Gasteiger partial charge in [-0.1, -0.05) is 19.1 Å². The Morgan fingerprint density at radius 1 is 1.44 bits per heavy atom. The number of nitrogens with zero attached hydrogens (tertiary/aromatic N) is 1. The highest BCUT2D eigenvalue weighted by atomic mass is 32.1. The normalized spacial score (nSPS) is 10.1. The Bertz CT molecular complexity index is 551. The Hall–Kier alpha value is -1.88. The molecular formula is C13H14N2O2S. The number of carbonyl (C=O) groups excluding carboxylic acids is 1. The van der Waals surface area contributed by atoms with Gasteiger partial charge in [-0.05, 0) is 18.6 Å². The number of para-hydroxylation sites is 1. The maximum absolute atomic E-state index is 12.1. The number of benzene rings is 1. The van der Waals surface area contributed by atoms with Crippen LogP contribution in [0.4, 0.5) is 5.13 Å². The molecule has 0 fully saturated rings. The van der Waals surface area contributed by atoms with E-state index in [0.29, 0.717) is 16.4 Å². The van der Waals surface area contributed by atoms with Gasteiger partial charge in [0.05, 0.1) is 12.7 Å². The van der Waals surface area contributed by atoms with Crippen LogP contribution in [-0.2, 0) is 6.42 Å². The van der Waals surface area contributed by atoms with Gasteiger partial charge in [0.2, 0.25) is 0 Å². The lowest BCUT2D eigenvalue weighted by Crippen LogP contribution is -2.12. The second kappa shape index (κ2) is 5.64. The summed E-state index contributed by atoms with van der Waals surface area (Å²) in [5.74, 6) is 0.353. The first-order chi connectivity index (χ1) is 8.74. The van der Waals surface area contributed by atoms with Crippen molar-refractivity contribution < 1.29 is 9.53 Å². The molecule has 0 spiro atoms. The van der Waals surface area contributed by atoms with Crippen LogP contribution in [0.1, 0.15) is 22.2 Å². The topological polar surface area (TPSA) is 51.2 Å². The van der Waals surface area contributed by atoms with Crippen molar-refractivity contribution in [3.63, 3.8) is 0 Å². The van der Waals surface area contributed by atoms with E-state index in [2.05, 4.69) is 17.2 Å². The SMILES string of the molecule is CCc1cnc(NC(=O)c2ccccc2OC)s1. The third kappa shape index (κ3) is 2.68. The molecule has 0 aliphatic heterocycles. The van der Waals surface area contributed by atoms with E-state index >= 15 is 0 Å². The van der Waals surface area contributed by atoms with Gasteiger partial charge in [0.15, 0.2) is 5.13 Å². The largest absolute Gasteiger partial charge is 0.496 e. The number of ether oxygens (including phenoxy) is 1. The van der Waals surface area contributed by atoms with Crippen LogP contribution in [0.3, 0.4) is 0 Å². The minimum atomic E-state index is -0.204. The number of hydrogen-bond donors (Lipinski definition) is 1. The third-order valence-electron chi connectivity index (χ3n) is 2.47. The third-order valence-corrected chi connectivity index (χ3v) is 3.53. The first-order valence-corrected chi connectivity index (χ1v) is 6.45. The molecule has 1 aromatic heterocycles. The maximum atomic E-state index is 12.1. The predicted octanol–water partition coefficient (Wildman–Crippen LogP) is 2.97. The van der Waals surface area contributed by atoms with E-state index in [-0.39, 0.29) is 5.91 Å². The number of anilines is 1. The number of aromatic nitrogens is 1. The standard InChI is InChI=1S/C13H14N2O2S/c1-3-9-8-14-13(18-9)15-12(16)10-6-4-5-7-11(10)17-2/h4-8H,3H2,1-2H3,(H,14,15,16). The lowest BCUT2D eigenvalue weighted by Gasteiger charge is -2.06. The van der Waals surface area contributed by atoms with E-state index in [9.17, 15) is 4.79 Å². The van der Waals surface area contributed by atoms with Crippen molar-refractivity contribution >= 4 is 22.4 Å². The van der Waals surface area contributed by atoms with Gasteiger partial charge in [0.1, 0.15) is 5.75 Å². The molecule has 0 unspecified atom stereocenters. The molecule has 4 nitrogen and oxygen atoms in total. The molecule has 18 heavy (non-hydrogen) atoms. The number of amides is 1. The van der Waals surface area contributed by atoms with E-state index in [4.69, 9.17) is 4.74 Å². The molecule has 0 aliphatic rings. The summed E-state index contributed by atoms with van der Waals surface area (Å²) in [5, 5.41) is 3.39. The maximum Gasteiger partial charge on any atom is 0.261 e. The Morgan fingerprint density at radius 3 is 2.89 bits per heavy atom. The summed E-state index contributed by atoms with van der Waals surface area (Å²) in [7, 11) is 1.55. The van der Waals surface area contributed by atoms with Gasteiger partial charge >= 0.3 is 0 Å². The van der Waals surface area contributed by atoms with Crippen LogP contribution in [0.15, 0.2) is 30.5 Å². The van der Waals surface area contributed by atoms with Crippen LogP contribution in [0.5, 0.6) is 5.75 Å². The van der Waals surface area contributed by atoms with Crippen molar-refractivity contribution in [2.45, 2.75) is 13.3 Å². The minimum absolute atomic E-state index is 0.204. The van der Waals surface area contributed by atoms with E-state index in [1.807, 2.05) is 6.07 Å². The Labute approximate surface area is 110 Å². The van der Waals surface area contributed by atoms with Crippen molar-refractivity contribution in [3.05, 3.63) is 40.9 Å². The van der Waals surface area contributed by atoms with Crippen LogP contribution in [0.2, 0.25) is 0 Å². The zero-order valence-electron chi connectivity index (χ0n) is 10.3. The molecule has 1 N–H and O–H groups in total. The summed E-state index contributed by atoms with van der Waals surface area (Å²) in [6.07, 6.45) is 2.70. The number of nitrogens with one attached hydrogen (secondary N) is 1. The summed E-state index contributed by atoms with van der Waals surface area (Å²) < 4.78 is 5.15. The molecule has 0 atom stereocenters. The second-order valence-corrected chi connectivity index (χ2v) is 4.75. The highest BCUT2D eigenvalue weighted by Gasteiger charge is 2.13. The molecule has 94 valence electrons. The van der Waals surface area contributed by atoms with Crippen LogP contribution >= 0.6 is 11.3 Å². The van der Waals surface area contributed by atoms with Gasteiger partial charge in [-0.15, -0.1) is 11.3 Å². The summed E-state index contributed by atoms with van der Waals surface area (Å²) in [4.78, 5) is 17.4. The fraction of sp³-hybridized carbons (Fsp3) is 0.231. The second-order valence-electron chi connectivity index (χ2n) is 3.64. The Kier molecular flexibility index (Phi) is 3.94. The van der Waals surface area contributed by atoms with E-state index in [1.165, 1.54) is 11.3 Å². The zero-order chi connectivity index (χ0) is 13.0. The van der Waals surface area contributed by atoms with E-state index in [0.717, 1.165) is 11.3 Å². The molecule has 1 heterocycles. The van der Waals surface area contributed by atoms with Crippen molar-refractivity contribution in [1.82, 2.24) is 4.98 Å². The Balaban J connectivity index is 2.16. The van der Waals surface area contributed by atoms with Crippen molar-refractivity contribution in [2.75, 3.05) is 12.4 Å². The van der Waals surface area contributed by atoms with Crippen molar-refractivity contribution in [2.24, 2.45) is 0 Å². The van der Waals surface area contributed by atoms with Gasteiger partial charge in [-0.2, -0.15) is 0 Å². The lowest BCUT2D eigenvalue weighted by atomic mass is 10.2. The van der Waals surface area contributed by atoms with Gasteiger partial charge in [0.25, 0.3) is 5.91 Å². The number of methoxy groups -OCH3 is 1. The Morgan fingerprint density at radius 2 is 2.22 bits per heavy atom. The molecular weight excluding hydrogens is 248 g/mol. The smallest absolute Gasteiger partial charge is 0.261 e. The van der Waals surface area contributed by atoms with Gasteiger partial charge in [-0.3, -0.25) is 10.1 Å². The number of carbonyl (C=O) groups is 1. The molecule has 0 saturated heterocycles. The summed E-state index contributed by atoms with van der Waals surface area (Å²) in [6, 6.07) is 7.11. The summed E-state index contributed by atoms with van der Waals surface area (Å²) in [6.45, 7) is 2.05. The molecule has 2 rings (SSSR count). The molecule has 0 saturated carbocycles. The quantitative estimate of drug-likeness (QED) is 0.921. The first-order valence-electron chi connectivity index (χ1n) is 5.63. The summed E-state index contributed by atoms with van der Waals surface area (Å²) >= 11 is 1.49. The zero-order valence-corrected chi connectivity index (χ0v) is 11.1. The lowest BCUT2D eigenvalue weighted by molar-refractivity contribution is 0.102. The fourth-order valence-corrected chi connectivity index (χ4v) is 2.27.